The van der Waals surface area contributed by atoms with Crippen molar-refractivity contribution < 1.29 is 14.9 Å². The van der Waals surface area contributed by atoms with Crippen LogP contribution >= 0.6 is 23.2 Å². The van der Waals surface area contributed by atoms with Gasteiger partial charge in [-0.2, -0.15) is 0 Å². The van der Waals surface area contributed by atoms with Crippen LogP contribution in [0.3, 0.4) is 0 Å². The normalized spacial score (nSPS) is 12.7. The summed E-state index contributed by atoms with van der Waals surface area (Å²) in [6.07, 6.45) is 3.29. The number of aromatic hydroxyl groups is 1. The van der Waals surface area contributed by atoms with Gasteiger partial charge in [-0.05, 0) is 60.3 Å². The maximum atomic E-state index is 10.4. The van der Waals surface area contributed by atoms with Gasteiger partial charge in [0, 0.05) is 17.0 Å². The molecule has 1 N–H and O–H groups in total. The van der Waals surface area contributed by atoms with Gasteiger partial charge in [0.1, 0.15) is 5.69 Å². The quantitative estimate of drug-likeness (QED) is 0.164. The summed E-state index contributed by atoms with van der Waals surface area (Å²) in [5.41, 5.74) is 3.17. The molecule has 4 nitrogen and oxygen atoms in total. The van der Waals surface area contributed by atoms with E-state index in [1.807, 2.05) is 13.0 Å². The van der Waals surface area contributed by atoms with Gasteiger partial charge in [0.2, 0.25) is 5.90 Å². The van der Waals surface area contributed by atoms with E-state index in [-0.39, 0.29) is 27.3 Å². The van der Waals surface area contributed by atoms with Crippen LogP contribution in [0, 0.1) is 6.92 Å². The van der Waals surface area contributed by atoms with Crippen molar-refractivity contribution in [1.29, 1.82) is 0 Å². The largest absolute Gasteiger partial charge is 0.504 e. The number of hydrogen-bond acceptors (Lipinski definition) is 4. The third-order valence-corrected chi connectivity index (χ3v) is 7.45. The summed E-state index contributed by atoms with van der Waals surface area (Å²) in [6.45, 7) is 17.0. The summed E-state index contributed by atoms with van der Waals surface area (Å²) in [5.74, 6) is 0.863. The van der Waals surface area contributed by atoms with Gasteiger partial charge in [0.25, 0.3) is 0 Å². The lowest BCUT2D eigenvalue weighted by Gasteiger charge is -2.29. The van der Waals surface area contributed by atoms with Crippen molar-refractivity contribution >= 4 is 34.8 Å². The molecule has 0 amide bonds. The van der Waals surface area contributed by atoms with Crippen LogP contribution in [-0.2, 0) is 15.7 Å². The van der Waals surface area contributed by atoms with E-state index in [4.69, 9.17) is 33.0 Å². The molecule has 2 aromatic carbocycles. The SMILES string of the molecule is CCCC(=Nc1cc(Cl)c(C)c(Cl)c1O)OOc1ccc(C(C)(C)CC)cc1C(C)(C)CC. The smallest absolute Gasteiger partial charge is 0.246 e. The molecule has 0 fully saturated rings. The number of aliphatic imine (C=N–C) groups is 1. The van der Waals surface area contributed by atoms with Crippen LogP contribution in [0.2, 0.25) is 10.0 Å². The highest BCUT2D eigenvalue weighted by Crippen LogP contribution is 2.41. The molecule has 0 atom stereocenters. The van der Waals surface area contributed by atoms with E-state index in [0.717, 1.165) is 24.8 Å². The molecule has 0 radical (unpaired) electrons. The minimum absolute atomic E-state index is 0.0638. The zero-order chi connectivity index (χ0) is 25.0. The number of phenols is 1. The fraction of sp³-hybridized carbons (Fsp3) is 0.519. The summed E-state index contributed by atoms with van der Waals surface area (Å²) in [7, 11) is 0. The van der Waals surface area contributed by atoms with Gasteiger partial charge in [0.05, 0.1) is 5.02 Å². The molecular weight excluding hydrogens is 457 g/mol. The molecule has 6 heteroatoms. The van der Waals surface area contributed by atoms with E-state index in [1.54, 1.807) is 13.0 Å². The van der Waals surface area contributed by atoms with E-state index >= 15 is 0 Å². The molecule has 0 saturated carbocycles. The molecule has 0 aliphatic heterocycles. The number of halogens is 2. The third-order valence-electron chi connectivity index (χ3n) is 6.60. The first-order chi connectivity index (χ1) is 15.4. The van der Waals surface area contributed by atoms with Crippen LogP contribution in [0.1, 0.15) is 90.8 Å². The summed E-state index contributed by atoms with van der Waals surface area (Å²) < 4.78 is 0. The topological polar surface area (TPSA) is 51.1 Å². The molecule has 0 saturated heterocycles. The Labute approximate surface area is 208 Å². The second-order valence-corrected chi connectivity index (χ2v) is 10.6. The number of benzene rings is 2. The highest BCUT2D eigenvalue weighted by molar-refractivity contribution is 6.37. The zero-order valence-corrected chi connectivity index (χ0v) is 22.6. The molecule has 2 rings (SSSR count). The second-order valence-electron chi connectivity index (χ2n) is 9.77. The van der Waals surface area contributed by atoms with Crippen LogP contribution in [-0.4, -0.2) is 11.0 Å². The molecule has 0 aromatic heterocycles. The first-order valence-corrected chi connectivity index (χ1v) is 12.4. The van der Waals surface area contributed by atoms with Crippen LogP contribution in [0.5, 0.6) is 11.5 Å². The number of hydrogen-bond donors (Lipinski definition) is 1. The molecule has 33 heavy (non-hydrogen) atoms. The highest BCUT2D eigenvalue weighted by Gasteiger charge is 2.27. The van der Waals surface area contributed by atoms with E-state index in [2.05, 4.69) is 58.7 Å². The van der Waals surface area contributed by atoms with Gasteiger partial charge in [-0.15, -0.1) is 0 Å². The Morgan fingerprint density at radius 1 is 1.00 bits per heavy atom. The Morgan fingerprint density at radius 2 is 1.64 bits per heavy atom. The molecule has 0 unspecified atom stereocenters. The fourth-order valence-corrected chi connectivity index (χ4v) is 3.73. The molecule has 0 spiro atoms. The van der Waals surface area contributed by atoms with Crippen LogP contribution in [0.15, 0.2) is 29.3 Å². The van der Waals surface area contributed by atoms with Gasteiger partial charge in [0.15, 0.2) is 11.5 Å². The van der Waals surface area contributed by atoms with Crippen molar-refractivity contribution in [2.75, 3.05) is 0 Å². The molecule has 0 heterocycles. The molecule has 0 aliphatic carbocycles. The summed E-state index contributed by atoms with van der Waals surface area (Å²) in [6, 6.07) is 7.87. The molecular formula is C27H37Cl2NO3. The van der Waals surface area contributed by atoms with Crippen LogP contribution in [0.4, 0.5) is 5.69 Å². The van der Waals surface area contributed by atoms with Crippen molar-refractivity contribution in [3.8, 4) is 11.5 Å². The van der Waals surface area contributed by atoms with Crippen LogP contribution < -0.4 is 4.89 Å². The molecule has 2 aromatic rings. The lowest BCUT2D eigenvalue weighted by Crippen LogP contribution is -2.21. The first-order valence-electron chi connectivity index (χ1n) is 11.6. The predicted molar refractivity (Wildman–Crippen MR) is 140 cm³/mol. The lowest BCUT2D eigenvalue weighted by molar-refractivity contribution is -0.120. The van der Waals surface area contributed by atoms with Gasteiger partial charge in [-0.1, -0.05) is 83.8 Å². The van der Waals surface area contributed by atoms with Crippen LogP contribution in [0.25, 0.3) is 0 Å². The van der Waals surface area contributed by atoms with Gasteiger partial charge in [-0.25, -0.2) is 4.99 Å². The van der Waals surface area contributed by atoms with Gasteiger partial charge >= 0.3 is 0 Å². The van der Waals surface area contributed by atoms with Gasteiger partial charge < -0.3 is 5.11 Å². The molecule has 0 bridgehead atoms. The van der Waals surface area contributed by atoms with Gasteiger partial charge in [-0.3, -0.25) is 9.78 Å². The predicted octanol–water partition coefficient (Wildman–Crippen LogP) is 9.22. The van der Waals surface area contributed by atoms with Crippen molar-refractivity contribution in [3.63, 3.8) is 0 Å². The minimum Gasteiger partial charge on any atom is -0.504 e. The number of phenolic OH excluding ortho intramolecular Hbond substituents is 1. The van der Waals surface area contributed by atoms with Crippen molar-refractivity contribution in [2.45, 2.75) is 91.9 Å². The first kappa shape index (κ1) is 27.3. The maximum absolute atomic E-state index is 10.4. The van der Waals surface area contributed by atoms with Crippen molar-refractivity contribution in [1.82, 2.24) is 0 Å². The van der Waals surface area contributed by atoms with E-state index in [1.165, 1.54) is 5.56 Å². The third kappa shape index (κ3) is 6.36. The van der Waals surface area contributed by atoms with Crippen molar-refractivity contribution in [3.05, 3.63) is 51.0 Å². The molecule has 0 aliphatic rings. The Morgan fingerprint density at radius 3 is 2.21 bits per heavy atom. The standard InChI is InChI=1S/C27H37Cl2NO3/c1-9-12-23(30-21-16-20(28)17(4)24(29)25(21)31)33-32-22-14-13-18(26(5,6)10-2)15-19(22)27(7,8)11-3/h13-16,31H,9-12H2,1-8H3. The maximum Gasteiger partial charge on any atom is 0.246 e. The average Bonchev–Trinajstić information content (AvgIpc) is 2.79. The number of nitrogens with zero attached hydrogens (tertiary/aromatic N) is 1. The van der Waals surface area contributed by atoms with E-state index in [9.17, 15) is 5.11 Å². The minimum atomic E-state index is -0.130. The second kappa shape index (κ2) is 11.0. The van der Waals surface area contributed by atoms with E-state index in [0.29, 0.717) is 28.7 Å². The Hall–Kier alpha value is -1.91. The van der Waals surface area contributed by atoms with E-state index < -0.39 is 0 Å². The monoisotopic (exact) mass is 493 g/mol. The summed E-state index contributed by atoms with van der Waals surface area (Å²) in [4.78, 5) is 16.0. The fourth-order valence-electron chi connectivity index (χ4n) is 3.28. The number of rotatable bonds is 9. The summed E-state index contributed by atoms with van der Waals surface area (Å²) >= 11 is 12.4. The van der Waals surface area contributed by atoms with Crippen molar-refractivity contribution in [2.24, 2.45) is 4.99 Å². The zero-order valence-electron chi connectivity index (χ0n) is 21.1. The average molecular weight is 495 g/mol. The lowest BCUT2D eigenvalue weighted by atomic mass is 9.76. The molecule has 182 valence electrons. The Bertz CT molecular complexity index is 1010. The summed E-state index contributed by atoms with van der Waals surface area (Å²) in [5, 5.41) is 11.0. The highest BCUT2D eigenvalue weighted by atomic mass is 35.5. The Kier molecular flexibility index (Phi) is 9.12. The Balaban J connectivity index is 2.44.